The second kappa shape index (κ2) is 3.75. The molecular weight excluding hydrogens is 204 g/mol. The lowest BCUT2D eigenvalue weighted by atomic mass is 10.1. The number of carbonyl (C=O) groups excluding carboxylic acids is 2. The van der Waals surface area contributed by atoms with Crippen molar-refractivity contribution in [2.75, 3.05) is 0 Å². The van der Waals surface area contributed by atoms with E-state index < -0.39 is 0 Å². The largest absolute Gasteiger partial charge is 0.351 e. The predicted octanol–water partition coefficient (Wildman–Crippen LogP) is 0.570. The van der Waals surface area contributed by atoms with Gasteiger partial charge in [-0.3, -0.25) is 9.59 Å². The number of carbonyl (C=O) groups is 2. The van der Waals surface area contributed by atoms with Crippen molar-refractivity contribution in [2.45, 2.75) is 50.6 Å². The zero-order valence-electron chi connectivity index (χ0n) is 9.37. The summed E-state index contributed by atoms with van der Waals surface area (Å²) < 4.78 is 0. The molecule has 88 valence electrons. The topological polar surface area (TPSA) is 58.2 Å². The molecule has 0 aromatic heterocycles. The van der Waals surface area contributed by atoms with Gasteiger partial charge in [-0.1, -0.05) is 0 Å². The highest BCUT2D eigenvalue weighted by Gasteiger charge is 2.43. The molecule has 0 bridgehead atoms. The molecule has 4 heteroatoms. The summed E-state index contributed by atoms with van der Waals surface area (Å²) in [7, 11) is 0. The van der Waals surface area contributed by atoms with E-state index in [4.69, 9.17) is 0 Å². The van der Waals surface area contributed by atoms with Crippen LogP contribution in [0.5, 0.6) is 0 Å². The van der Waals surface area contributed by atoms with Crippen LogP contribution in [0.1, 0.15) is 38.5 Å². The molecular formula is C12H18N2O2. The second-order valence-electron chi connectivity index (χ2n) is 5.37. The Labute approximate surface area is 95.2 Å². The van der Waals surface area contributed by atoms with Gasteiger partial charge < -0.3 is 10.6 Å². The maximum absolute atomic E-state index is 11.9. The van der Waals surface area contributed by atoms with Crippen LogP contribution >= 0.6 is 0 Å². The van der Waals surface area contributed by atoms with Gasteiger partial charge in [0.25, 0.3) is 0 Å². The number of nitrogens with one attached hydrogen (secondary N) is 2. The standard InChI is InChI=1S/C12H18N2O2/c15-10-6-5-9(13-10)12(16)14-11(7-1-2-7)8-3-4-8/h7-9,11H,1-6H2,(H,13,15)(H,14,16)/t9-/m0/s1. The predicted molar refractivity (Wildman–Crippen MR) is 58.5 cm³/mol. The van der Waals surface area contributed by atoms with Crippen molar-refractivity contribution in [2.24, 2.45) is 11.8 Å². The van der Waals surface area contributed by atoms with Crippen molar-refractivity contribution < 1.29 is 9.59 Å². The molecule has 2 aliphatic carbocycles. The molecule has 1 aliphatic heterocycles. The number of rotatable bonds is 4. The van der Waals surface area contributed by atoms with Crippen molar-refractivity contribution in [1.82, 2.24) is 10.6 Å². The van der Waals surface area contributed by atoms with E-state index in [2.05, 4.69) is 10.6 Å². The zero-order chi connectivity index (χ0) is 11.1. The van der Waals surface area contributed by atoms with E-state index in [9.17, 15) is 9.59 Å². The Balaban J connectivity index is 1.56. The fraction of sp³-hybridized carbons (Fsp3) is 0.833. The van der Waals surface area contributed by atoms with E-state index in [0.29, 0.717) is 30.7 Å². The van der Waals surface area contributed by atoms with Crippen LogP contribution in [0.3, 0.4) is 0 Å². The molecule has 2 N–H and O–H groups in total. The molecule has 3 aliphatic rings. The first-order valence-electron chi connectivity index (χ1n) is 6.34. The minimum Gasteiger partial charge on any atom is -0.351 e. The molecule has 1 heterocycles. The highest BCUT2D eigenvalue weighted by atomic mass is 16.2. The van der Waals surface area contributed by atoms with E-state index in [1.54, 1.807) is 0 Å². The Morgan fingerprint density at radius 1 is 1.19 bits per heavy atom. The Morgan fingerprint density at radius 3 is 2.25 bits per heavy atom. The van der Waals surface area contributed by atoms with Crippen LogP contribution in [-0.4, -0.2) is 23.9 Å². The molecule has 16 heavy (non-hydrogen) atoms. The third-order valence-corrected chi connectivity index (χ3v) is 3.88. The molecule has 1 saturated heterocycles. The summed E-state index contributed by atoms with van der Waals surface area (Å²) in [5.74, 6) is 1.48. The number of hydrogen-bond acceptors (Lipinski definition) is 2. The van der Waals surface area contributed by atoms with Crippen LogP contribution in [0, 0.1) is 11.8 Å². The van der Waals surface area contributed by atoms with Crippen molar-refractivity contribution in [1.29, 1.82) is 0 Å². The molecule has 2 saturated carbocycles. The van der Waals surface area contributed by atoms with Crippen LogP contribution < -0.4 is 10.6 Å². The number of hydrogen-bond donors (Lipinski definition) is 2. The first-order valence-corrected chi connectivity index (χ1v) is 6.34. The van der Waals surface area contributed by atoms with Crippen LogP contribution in [-0.2, 0) is 9.59 Å². The smallest absolute Gasteiger partial charge is 0.242 e. The number of amides is 2. The van der Waals surface area contributed by atoms with Crippen LogP contribution in [0.2, 0.25) is 0 Å². The van der Waals surface area contributed by atoms with E-state index in [-0.39, 0.29) is 17.9 Å². The summed E-state index contributed by atoms with van der Waals surface area (Å²) in [4.78, 5) is 23.0. The summed E-state index contributed by atoms with van der Waals surface area (Å²) in [6, 6.07) is 0.123. The minimum absolute atomic E-state index is 0.00884. The van der Waals surface area contributed by atoms with Crippen molar-refractivity contribution in [3.63, 3.8) is 0 Å². The fourth-order valence-electron chi connectivity index (χ4n) is 2.61. The van der Waals surface area contributed by atoms with E-state index in [1.165, 1.54) is 25.7 Å². The maximum atomic E-state index is 11.9. The van der Waals surface area contributed by atoms with Gasteiger partial charge in [0, 0.05) is 12.5 Å². The van der Waals surface area contributed by atoms with Crippen LogP contribution in [0.15, 0.2) is 0 Å². The van der Waals surface area contributed by atoms with Gasteiger partial charge in [0.2, 0.25) is 11.8 Å². The Hall–Kier alpha value is -1.06. The van der Waals surface area contributed by atoms with E-state index in [1.807, 2.05) is 0 Å². The van der Waals surface area contributed by atoms with Crippen LogP contribution in [0.4, 0.5) is 0 Å². The first kappa shape index (κ1) is 10.1. The summed E-state index contributed by atoms with van der Waals surface area (Å²) in [6.07, 6.45) is 6.20. The minimum atomic E-state index is -0.271. The maximum Gasteiger partial charge on any atom is 0.242 e. The van der Waals surface area contributed by atoms with Crippen molar-refractivity contribution >= 4 is 11.8 Å². The summed E-state index contributed by atoms with van der Waals surface area (Å²) in [5.41, 5.74) is 0. The molecule has 0 aromatic rings. The summed E-state index contributed by atoms with van der Waals surface area (Å²) >= 11 is 0. The Morgan fingerprint density at radius 2 is 1.81 bits per heavy atom. The SMILES string of the molecule is O=C1CC[C@@H](C(=O)NC(C2CC2)C2CC2)N1. The summed E-state index contributed by atoms with van der Waals surface area (Å²) in [6.45, 7) is 0. The molecule has 0 unspecified atom stereocenters. The zero-order valence-corrected chi connectivity index (χ0v) is 9.37. The van der Waals surface area contributed by atoms with Gasteiger partial charge in [-0.2, -0.15) is 0 Å². The fourth-order valence-corrected chi connectivity index (χ4v) is 2.61. The first-order chi connectivity index (χ1) is 7.74. The molecule has 3 rings (SSSR count). The third kappa shape index (κ3) is 2.06. The van der Waals surface area contributed by atoms with Gasteiger partial charge >= 0.3 is 0 Å². The van der Waals surface area contributed by atoms with Crippen molar-refractivity contribution in [3.8, 4) is 0 Å². The highest BCUT2D eigenvalue weighted by Crippen LogP contribution is 2.44. The second-order valence-corrected chi connectivity index (χ2v) is 5.37. The Bertz CT molecular complexity index is 309. The molecule has 0 radical (unpaired) electrons. The molecule has 0 spiro atoms. The molecule has 0 aromatic carbocycles. The van der Waals surface area contributed by atoms with E-state index in [0.717, 1.165) is 0 Å². The molecule has 2 amide bonds. The summed E-state index contributed by atoms with van der Waals surface area (Å²) in [5, 5.41) is 5.88. The highest BCUT2D eigenvalue weighted by molar-refractivity contribution is 5.90. The molecule has 4 nitrogen and oxygen atoms in total. The van der Waals surface area contributed by atoms with E-state index >= 15 is 0 Å². The lowest BCUT2D eigenvalue weighted by Crippen LogP contribution is -2.47. The molecule has 1 atom stereocenters. The average molecular weight is 222 g/mol. The van der Waals surface area contributed by atoms with Gasteiger partial charge in [-0.25, -0.2) is 0 Å². The van der Waals surface area contributed by atoms with Gasteiger partial charge in [-0.15, -0.1) is 0 Å². The van der Waals surface area contributed by atoms with Gasteiger partial charge in [-0.05, 0) is 43.9 Å². The Kier molecular flexibility index (Phi) is 2.37. The van der Waals surface area contributed by atoms with Gasteiger partial charge in [0.1, 0.15) is 6.04 Å². The van der Waals surface area contributed by atoms with Gasteiger partial charge in [0.05, 0.1) is 0 Å². The molecule has 3 fully saturated rings. The lowest BCUT2D eigenvalue weighted by molar-refractivity contribution is -0.126. The third-order valence-electron chi connectivity index (χ3n) is 3.88. The quantitative estimate of drug-likeness (QED) is 0.730. The lowest BCUT2D eigenvalue weighted by Gasteiger charge is -2.20. The average Bonchev–Trinajstić information content (AvgIpc) is 3.14. The van der Waals surface area contributed by atoms with Crippen molar-refractivity contribution in [3.05, 3.63) is 0 Å². The van der Waals surface area contributed by atoms with Gasteiger partial charge in [0.15, 0.2) is 0 Å². The normalized spacial score (nSPS) is 29.3. The monoisotopic (exact) mass is 222 g/mol. The van der Waals surface area contributed by atoms with Crippen LogP contribution in [0.25, 0.3) is 0 Å².